The summed E-state index contributed by atoms with van der Waals surface area (Å²) in [6.45, 7) is 1.34. The number of hydrogen-bond acceptors (Lipinski definition) is 7. The first-order valence-electron chi connectivity index (χ1n) is 9.41. The van der Waals surface area contributed by atoms with Crippen molar-refractivity contribution in [2.75, 3.05) is 58.1 Å². The monoisotopic (exact) mass is 444 g/mol. The van der Waals surface area contributed by atoms with E-state index in [4.69, 9.17) is 10.8 Å². The van der Waals surface area contributed by atoms with Gasteiger partial charge in [-0.25, -0.2) is 0 Å². The summed E-state index contributed by atoms with van der Waals surface area (Å²) in [6.07, 6.45) is 0.530. The predicted octanol–water partition coefficient (Wildman–Crippen LogP) is -0.225. The van der Waals surface area contributed by atoms with E-state index in [-0.39, 0.29) is 38.1 Å². The third kappa shape index (κ3) is 8.95. The first-order valence-corrected chi connectivity index (χ1v) is 9.41. The summed E-state index contributed by atoms with van der Waals surface area (Å²) in [5.74, 6) is -2.94. The lowest BCUT2D eigenvalue weighted by Crippen LogP contribution is -2.49. The lowest BCUT2D eigenvalue weighted by atomic mass is 10.0. The summed E-state index contributed by atoms with van der Waals surface area (Å²) < 4.78 is 0. The molecular formula is C19H29ClN4O6. The van der Waals surface area contributed by atoms with E-state index in [1.807, 2.05) is 12.1 Å². The molecule has 30 heavy (non-hydrogen) atoms. The lowest BCUT2D eigenvalue weighted by molar-refractivity contribution is -0.140. The van der Waals surface area contributed by atoms with Crippen molar-refractivity contribution in [3.05, 3.63) is 29.8 Å². The number of benzene rings is 1. The molecule has 0 aromatic heterocycles. The molecule has 1 saturated heterocycles. The van der Waals surface area contributed by atoms with Gasteiger partial charge in [0.25, 0.3) is 0 Å². The van der Waals surface area contributed by atoms with Crippen LogP contribution in [0.1, 0.15) is 5.56 Å². The van der Waals surface area contributed by atoms with E-state index in [9.17, 15) is 24.6 Å². The fraction of sp³-hybridized carbons (Fsp3) is 0.526. The molecule has 0 radical (unpaired) electrons. The van der Waals surface area contributed by atoms with Gasteiger partial charge >= 0.3 is 17.9 Å². The Kier molecular flexibility index (Phi) is 10.5. The van der Waals surface area contributed by atoms with Gasteiger partial charge in [0.05, 0.1) is 19.6 Å². The Labute approximate surface area is 181 Å². The first-order chi connectivity index (χ1) is 13.7. The fourth-order valence-electron chi connectivity index (χ4n) is 3.54. The normalized spacial score (nSPS) is 19.1. The van der Waals surface area contributed by atoms with Crippen LogP contribution in [0.3, 0.4) is 0 Å². The van der Waals surface area contributed by atoms with Gasteiger partial charge in [-0.2, -0.15) is 0 Å². The van der Waals surface area contributed by atoms with Crippen molar-refractivity contribution < 1.29 is 29.7 Å². The van der Waals surface area contributed by atoms with E-state index in [1.54, 1.807) is 26.8 Å². The Hall–Kier alpha value is -2.40. The summed E-state index contributed by atoms with van der Waals surface area (Å²) in [5, 5.41) is 27.7. The van der Waals surface area contributed by atoms with Gasteiger partial charge in [-0.1, -0.05) is 12.1 Å². The largest absolute Gasteiger partial charge is 0.480 e. The number of carboxylic acid groups (broad SMARTS) is 3. The van der Waals surface area contributed by atoms with Gasteiger partial charge in [0.1, 0.15) is 0 Å². The molecule has 10 nitrogen and oxygen atoms in total. The summed E-state index contributed by atoms with van der Waals surface area (Å²) in [6, 6.07) is 7.06. The van der Waals surface area contributed by atoms with Crippen molar-refractivity contribution in [1.82, 2.24) is 14.7 Å². The zero-order valence-corrected chi connectivity index (χ0v) is 17.5. The Bertz CT molecular complexity index is 717. The van der Waals surface area contributed by atoms with Crippen LogP contribution in [0.5, 0.6) is 0 Å². The standard InChI is InChI=1S/C19H28N4O6.ClH/c20-15-3-1-14(2-4-15)9-16-10-22(12-18(26)27)6-5-21(11-17(24)25)7-8-23(16)13-19(28)29;/h1-4,16H,5-13,20H2,(H,24,25)(H,26,27)(H,28,29);1H/t16-;/m0./s1. The molecule has 1 atom stereocenters. The highest BCUT2D eigenvalue weighted by Gasteiger charge is 2.27. The second kappa shape index (κ2) is 12.3. The summed E-state index contributed by atoms with van der Waals surface area (Å²) in [5.41, 5.74) is 7.33. The average molecular weight is 445 g/mol. The maximum atomic E-state index is 11.4. The van der Waals surface area contributed by atoms with Gasteiger partial charge in [0.2, 0.25) is 0 Å². The highest BCUT2D eigenvalue weighted by Crippen LogP contribution is 2.15. The Morgan fingerprint density at radius 1 is 0.833 bits per heavy atom. The van der Waals surface area contributed by atoms with Gasteiger partial charge in [0, 0.05) is 44.5 Å². The van der Waals surface area contributed by atoms with Crippen LogP contribution < -0.4 is 5.73 Å². The summed E-state index contributed by atoms with van der Waals surface area (Å²) in [7, 11) is 0. The number of rotatable bonds is 8. The Morgan fingerprint density at radius 2 is 1.33 bits per heavy atom. The molecule has 1 aliphatic rings. The van der Waals surface area contributed by atoms with Gasteiger partial charge in [-0.3, -0.25) is 29.1 Å². The second-order valence-electron chi connectivity index (χ2n) is 7.26. The number of carbonyl (C=O) groups is 3. The van der Waals surface area contributed by atoms with E-state index in [0.717, 1.165) is 5.56 Å². The van der Waals surface area contributed by atoms with E-state index < -0.39 is 17.9 Å². The van der Waals surface area contributed by atoms with Gasteiger partial charge in [-0.05, 0) is 24.1 Å². The van der Waals surface area contributed by atoms with Crippen LogP contribution in [-0.2, 0) is 20.8 Å². The van der Waals surface area contributed by atoms with E-state index in [0.29, 0.717) is 44.8 Å². The number of hydrogen-bond donors (Lipinski definition) is 4. The van der Waals surface area contributed by atoms with Gasteiger partial charge in [0.15, 0.2) is 0 Å². The molecule has 1 aromatic rings. The highest BCUT2D eigenvalue weighted by atomic mass is 35.5. The number of nitrogens with two attached hydrogens (primary N) is 1. The van der Waals surface area contributed by atoms with Crippen LogP contribution in [0.15, 0.2) is 24.3 Å². The third-order valence-corrected chi connectivity index (χ3v) is 4.93. The van der Waals surface area contributed by atoms with Crippen LogP contribution in [0, 0.1) is 0 Å². The molecular weight excluding hydrogens is 416 g/mol. The van der Waals surface area contributed by atoms with Crippen LogP contribution in [0.25, 0.3) is 0 Å². The van der Waals surface area contributed by atoms with Crippen molar-refractivity contribution in [2.24, 2.45) is 0 Å². The average Bonchev–Trinajstić information content (AvgIpc) is 2.68. The molecule has 1 fully saturated rings. The maximum absolute atomic E-state index is 11.4. The molecule has 11 heteroatoms. The minimum absolute atomic E-state index is 0. The highest BCUT2D eigenvalue weighted by molar-refractivity contribution is 5.85. The number of carboxylic acids is 3. The molecule has 0 aliphatic carbocycles. The van der Waals surface area contributed by atoms with Crippen molar-refractivity contribution in [2.45, 2.75) is 12.5 Å². The minimum Gasteiger partial charge on any atom is -0.480 e. The smallest absolute Gasteiger partial charge is 0.317 e. The molecule has 2 rings (SSSR count). The number of nitrogen functional groups attached to an aromatic ring is 1. The first kappa shape index (κ1) is 25.6. The molecule has 0 saturated carbocycles. The van der Waals surface area contributed by atoms with Crippen molar-refractivity contribution in [3.8, 4) is 0 Å². The molecule has 0 spiro atoms. The molecule has 168 valence electrons. The summed E-state index contributed by atoms with van der Waals surface area (Å²) >= 11 is 0. The zero-order chi connectivity index (χ0) is 21.4. The summed E-state index contributed by atoms with van der Waals surface area (Å²) in [4.78, 5) is 39.1. The van der Waals surface area contributed by atoms with E-state index in [2.05, 4.69) is 0 Å². The van der Waals surface area contributed by atoms with Gasteiger partial charge < -0.3 is 21.1 Å². The fourth-order valence-corrected chi connectivity index (χ4v) is 3.54. The lowest BCUT2D eigenvalue weighted by Gasteiger charge is -2.33. The molecule has 1 aliphatic heterocycles. The van der Waals surface area contributed by atoms with Crippen molar-refractivity contribution >= 4 is 36.0 Å². The van der Waals surface area contributed by atoms with E-state index in [1.165, 1.54) is 0 Å². The van der Waals surface area contributed by atoms with Crippen LogP contribution >= 0.6 is 12.4 Å². The molecule has 0 amide bonds. The number of nitrogens with zero attached hydrogens (tertiary/aromatic N) is 3. The number of anilines is 1. The van der Waals surface area contributed by atoms with Gasteiger partial charge in [-0.15, -0.1) is 12.4 Å². The van der Waals surface area contributed by atoms with Crippen molar-refractivity contribution in [3.63, 3.8) is 0 Å². The Balaban J connectivity index is 0.00000450. The van der Waals surface area contributed by atoms with Crippen molar-refractivity contribution in [1.29, 1.82) is 0 Å². The van der Waals surface area contributed by atoms with Crippen LogP contribution in [-0.4, -0.2) is 106 Å². The predicted molar refractivity (Wildman–Crippen MR) is 113 cm³/mol. The van der Waals surface area contributed by atoms with Crippen LogP contribution in [0.4, 0.5) is 5.69 Å². The van der Waals surface area contributed by atoms with Crippen LogP contribution in [0.2, 0.25) is 0 Å². The van der Waals surface area contributed by atoms with E-state index >= 15 is 0 Å². The minimum atomic E-state index is -0.985. The molecule has 1 aromatic carbocycles. The molecule has 0 bridgehead atoms. The third-order valence-electron chi connectivity index (χ3n) is 4.93. The quantitative estimate of drug-likeness (QED) is 0.396. The number of aliphatic carboxylic acids is 3. The molecule has 5 N–H and O–H groups in total. The topological polar surface area (TPSA) is 148 Å². The zero-order valence-electron chi connectivity index (χ0n) is 16.6. The SMILES string of the molecule is Cl.Nc1ccc(C[C@H]2CN(CC(=O)O)CCN(CC(=O)O)CCN2CC(=O)O)cc1. The molecule has 1 heterocycles. The maximum Gasteiger partial charge on any atom is 0.317 e. The Morgan fingerprint density at radius 3 is 1.90 bits per heavy atom. The second-order valence-corrected chi connectivity index (χ2v) is 7.26. The number of halogens is 1. The molecule has 0 unspecified atom stereocenters.